The number of hydrogen-bond donors (Lipinski definition) is 2. The van der Waals surface area contributed by atoms with Crippen LogP contribution in [0.25, 0.3) is 10.8 Å². The van der Waals surface area contributed by atoms with Crippen LogP contribution in [0.2, 0.25) is 0 Å². The summed E-state index contributed by atoms with van der Waals surface area (Å²) in [5.41, 5.74) is -0.211. The summed E-state index contributed by atoms with van der Waals surface area (Å²) in [7, 11) is 0. The summed E-state index contributed by atoms with van der Waals surface area (Å²) in [4.78, 5) is 12.7. The van der Waals surface area contributed by atoms with Crippen LogP contribution >= 0.6 is 0 Å². The lowest BCUT2D eigenvalue weighted by molar-refractivity contribution is -0.0105. The standard InChI is InChI=1S/C22H20F2N2O2/c23-13-22(14-24)12-19(17-9-3-4-11-20(17)28-22)26-21(27)25-18-10-5-7-15-6-1-2-8-16(15)18/h1-11,19H,12-14H2,(H2,25,26,27). The predicted molar refractivity (Wildman–Crippen MR) is 105 cm³/mol. The van der Waals surface area contributed by atoms with Crippen LogP contribution in [0, 0.1) is 0 Å². The number of benzene rings is 3. The fraction of sp³-hybridized carbons (Fsp3) is 0.227. The molecule has 3 aromatic rings. The number of ether oxygens (including phenoxy) is 1. The number of urea groups is 1. The fourth-order valence-corrected chi connectivity index (χ4v) is 3.60. The summed E-state index contributed by atoms with van der Waals surface area (Å²) in [6.07, 6.45) is 0.0139. The van der Waals surface area contributed by atoms with Gasteiger partial charge in [-0.3, -0.25) is 0 Å². The molecule has 4 rings (SSSR count). The first kappa shape index (κ1) is 18.2. The number of halogens is 2. The zero-order valence-corrected chi connectivity index (χ0v) is 15.1. The molecule has 1 aliphatic heterocycles. The van der Waals surface area contributed by atoms with Crippen molar-refractivity contribution in [2.45, 2.75) is 18.1 Å². The highest BCUT2D eigenvalue weighted by Crippen LogP contribution is 2.40. The molecule has 0 radical (unpaired) electrons. The van der Waals surface area contributed by atoms with E-state index in [4.69, 9.17) is 4.74 Å². The predicted octanol–water partition coefficient (Wildman–Crippen LogP) is 5.16. The van der Waals surface area contributed by atoms with Crippen molar-refractivity contribution in [1.82, 2.24) is 5.32 Å². The molecule has 0 bridgehead atoms. The van der Waals surface area contributed by atoms with Crippen LogP contribution in [0.4, 0.5) is 19.3 Å². The van der Waals surface area contributed by atoms with Gasteiger partial charge in [-0.05, 0) is 17.5 Å². The summed E-state index contributed by atoms with van der Waals surface area (Å²) in [6.45, 7) is -1.94. The Kier molecular flexibility index (Phi) is 4.86. The van der Waals surface area contributed by atoms with E-state index in [-0.39, 0.29) is 6.42 Å². The van der Waals surface area contributed by atoms with Gasteiger partial charge in [0, 0.05) is 17.4 Å². The van der Waals surface area contributed by atoms with Crippen LogP contribution < -0.4 is 15.4 Å². The molecule has 0 spiro atoms. The van der Waals surface area contributed by atoms with Crippen LogP contribution in [0.3, 0.4) is 0 Å². The van der Waals surface area contributed by atoms with Crippen LogP contribution in [0.1, 0.15) is 18.0 Å². The summed E-state index contributed by atoms with van der Waals surface area (Å²) in [6, 6.07) is 19.3. The van der Waals surface area contributed by atoms with Gasteiger partial charge in [0.2, 0.25) is 0 Å². The third-order valence-corrected chi connectivity index (χ3v) is 5.03. The first-order valence-electron chi connectivity index (χ1n) is 9.09. The number of alkyl halides is 2. The Morgan fingerprint density at radius 3 is 2.54 bits per heavy atom. The minimum absolute atomic E-state index is 0.0139. The van der Waals surface area contributed by atoms with E-state index in [1.165, 1.54) is 0 Å². The van der Waals surface area contributed by atoms with Crippen molar-refractivity contribution in [1.29, 1.82) is 0 Å². The van der Waals surface area contributed by atoms with Crippen LogP contribution in [-0.2, 0) is 0 Å². The molecule has 1 atom stereocenters. The highest BCUT2D eigenvalue weighted by Gasteiger charge is 2.42. The zero-order chi connectivity index (χ0) is 19.6. The molecule has 4 nitrogen and oxygen atoms in total. The number of hydrogen-bond acceptors (Lipinski definition) is 2. The number of para-hydroxylation sites is 1. The maximum Gasteiger partial charge on any atom is 0.319 e. The van der Waals surface area contributed by atoms with E-state index in [0.717, 1.165) is 10.8 Å². The fourth-order valence-electron chi connectivity index (χ4n) is 3.60. The first-order valence-corrected chi connectivity index (χ1v) is 9.09. The van der Waals surface area contributed by atoms with E-state index in [2.05, 4.69) is 10.6 Å². The maximum absolute atomic E-state index is 13.6. The van der Waals surface area contributed by atoms with Gasteiger partial charge in [-0.1, -0.05) is 54.6 Å². The molecule has 2 amide bonds. The normalized spacial score (nSPS) is 17.4. The Morgan fingerprint density at radius 2 is 1.71 bits per heavy atom. The van der Waals surface area contributed by atoms with Crippen LogP contribution in [-0.4, -0.2) is 25.0 Å². The number of carbonyl (C=O) groups excluding carboxylic acids is 1. The van der Waals surface area contributed by atoms with Gasteiger partial charge in [0.15, 0.2) is 5.60 Å². The highest BCUT2D eigenvalue weighted by atomic mass is 19.1. The average molecular weight is 382 g/mol. The van der Waals surface area contributed by atoms with E-state index < -0.39 is 31.0 Å². The molecular weight excluding hydrogens is 362 g/mol. The van der Waals surface area contributed by atoms with Crippen molar-refractivity contribution in [2.24, 2.45) is 0 Å². The Bertz CT molecular complexity index is 999. The lowest BCUT2D eigenvalue weighted by Gasteiger charge is -2.39. The molecule has 1 unspecified atom stereocenters. The van der Waals surface area contributed by atoms with Gasteiger partial charge >= 0.3 is 6.03 Å². The zero-order valence-electron chi connectivity index (χ0n) is 15.1. The largest absolute Gasteiger partial charge is 0.481 e. The molecule has 144 valence electrons. The Hall–Kier alpha value is -3.15. The van der Waals surface area contributed by atoms with Gasteiger partial charge in [-0.2, -0.15) is 0 Å². The van der Waals surface area contributed by atoms with Gasteiger partial charge < -0.3 is 15.4 Å². The van der Waals surface area contributed by atoms with Crippen molar-refractivity contribution < 1.29 is 18.3 Å². The minimum atomic E-state index is -1.58. The third kappa shape index (κ3) is 3.38. The van der Waals surface area contributed by atoms with Crippen molar-refractivity contribution in [2.75, 3.05) is 18.7 Å². The summed E-state index contributed by atoms with van der Waals surface area (Å²) in [5, 5.41) is 7.61. The third-order valence-electron chi connectivity index (χ3n) is 5.03. The van der Waals surface area contributed by atoms with Gasteiger partial charge in [-0.15, -0.1) is 0 Å². The summed E-state index contributed by atoms with van der Waals surface area (Å²) >= 11 is 0. The van der Waals surface area contributed by atoms with E-state index in [0.29, 0.717) is 17.0 Å². The second kappa shape index (κ2) is 7.46. The molecule has 0 fully saturated rings. The van der Waals surface area contributed by atoms with E-state index in [9.17, 15) is 13.6 Å². The van der Waals surface area contributed by atoms with E-state index in [1.54, 1.807) is 24.3 Å². The monoisotopic (exact) mass is 382 g/mol. The number of rotatable bonds is 4. The number of fused-ring (bicyclic) bond motifs is 2. The Labute approximate surface area is 161 Å². The van der Waals surface area contributed by atoms with E-state index in [1.807, 2.05) is 42.5 Å². The SMILES string of the molecule is O=C(Nc1cccc2ccccc12)NC1CC(CF)(CF)Oc2ccccc21. The minimum Gasteiger partial charge on any atom is -0.481 e. The number of amides is 2. The summed E-state index contributed by atoms with van der Waals surface area (Å²) in [5.74, 6) is 0.388. The molecule has 28 heavy (non-hydrogen) atoms. The highest BCUT2D eigenvalue weighted by molar-refractivity contribution is 6.01. The second-order valence-electron chi connectivity index (χ2n) is 6.97. The molecule has 2 N–H and O–H groups in total. The van der Waals surface area contributed by atoms with Crippen molar-refractivity contribution in [3.8, 4) is 5.75 Å². The first-order chi connectivity index (χ1) is 13.6. The molecule has 0 saturated heterocycles. The van der Waals surface area contributed by atoms with Crippen LogP contribution in [0.5, 0.6) is 5.75 Å². The maximum atomic E-state index is 13.6. The molecule has 3 aromatic carbocycles. The average Bonchev–Trinajstić information content (AvgIpc) is 2.74. The van der Waals surface area contributed by atoms with Crippen molar-refractivity contribution in [3.63, 3.8) is 0 Å². The van der Waals surface area contributed by atoms with E-state index >= 15 is 0 Å². The van der Waals surface area contributed by atoms with Crippen molar-refractivity contribution >= 4 is 22.5 Å². The number of anilines is 1. The second-order valence-corrected chi connectivity index (χ2v) is 6.97. The van der Waals surface area contributed by atoms with Crippen LogP contribution in [0.15, 0.2) is 66.7 Å². The molecule has 0 aliphatic carbocycles. The summed E-state index contributed by atoms with van der Waals surface area (Å²) < 4.78 is 32.7. The number of nitrogens with one attached hydrogen (secondary N) is 2. The molecule has 6 heteroatoms. The topological polar surface area (TPSA) is 50.4 Å². The Balaban J connectivity index is 1.58. The van der Waals surface area contributed by atoms with Gasteiger partial charge in [0.25, 0.3) is 0 Å². The molecule has 1 aliphatic rings. The molecular formula is C22H20F2N2O2. The van der Waals surface area contributed by atoms with Gasteiger partial charge in [0.1, 0.15) is 19.1 Å². The lowest BCUT2D eigenvalue weighted by atomic mass is 9.88. The van der Waals surface area contributed by atoms with Gasteiger partial charge in [0.05, 0.1) is 11.7 Å². The van der Waals surface area contributed by atoms with Crippen molar-refractivity contribution in [3.05, 3.63) is 72.3 Å². The Morgan fingerprint density at radius 1 is 1.00 bits per heavy atom. The molecule has 1 heterocycles. The number of carbonyl (C=O) groups is 1. The smallest absolute Gasteiger partial charge is 0.319 e. The lowest BCUT2D eigenvalue weighted by Crippen LogP contribution is -2.49. The molecule has 0 saturated carbocycles. The quantitative estimate of drug-likeness (QED) is 0.655. The van der Waals surface area contributed by atoms with Gasteiger partial charge in [-0.25, -0.2) is 13.6 Å². The molecule has 0 aromatic heterocycles.